The Kier molecular flexibility index (Phi) is 16.2. The van der Waals surface area contributed by atoms with Crippen molar-refractivity contribution >= 4 is 59.3 Å². The number of aromatic nitrogens is 2. The minimum absolute atomic E-state index is 0. The van der Waals surface area contributed by atoms with Crippen molar-refractivity contribution in [3.63, 3.8) is 0 Å². The summed E-state index contributed by atoms with van der Waals surface area (Å²) < 4.78 is 2.33. The molecule has 9 heteroatoms. The smallest absolute Gasteiger partial charge is 0.243 e. The second-order valence-electron chi connectivity index (χ2n) is 13.4. The molecule has 0 aliphatic heterocycles. The number of hydrogen-bond donors (Lipinski definition) is 4. The Morgan fingerprint density at radius 2 is 1.34 bits per heavy atom. The van der Waals surface area contributed by atoms with Gasteiger partial charge in [-0.05, 0) is 93.0 Å². The second kappa shape index (κ2) is 18.2. The molecule has 5 rings (SSSR count). The number of carbonyl (C=O) groups is 1. The number of amides is 1. The van der Waals surface area contributed by atoms with Crippen molar-refractivity contribution in [2.24, 2.45) is 11.5 Å². The maximum absolute atomic E-state index is 11.8. The number of nitrogens with one attached hydrogen (secondary N) is 2. The molecule has 5 aromatic rings. The average Bonchev–Trinajstić information content (AvgIpc) is 3.54. The first kappa shape index (κ1) is 41.7. The lowest BCUT2D eigenvalue weighted by Crippen LogP contribution is -2.35. The molecule has 7 nitrogen and oxygen atoms in total. The molecule has 0 saturated heterocycles. The molecule has 47 heavy (non-hydrogen) atoms. The molecule has 2 heterocycles. The average molecular weight is 679 g/mol. The van der Waals surface area contributed by atoms with E-state index in [1.165, 1.54) is 38.3 Å². The Morgan fingerprint density at radius 3 is 1.81 bits per heavy atom. The van der Waals surface area contributed by atoms with Gasteiger partial charge in [-0.1, -0.05) is 108 Å². The van der Waals surface area contributed by atoms with Crippen LogP contribution in [0.15, 0.2) is 60.7 Å². The van der Waals surface area contributed by atoms with Gasteiger partial charge < -0.3 is 22.1 Å². The highest BCUT2D eigenvalue weighted by Crippen LogP contribution is 2.29. The monoisotopic (exact) mass is 678 g/mol. The Balaban J connectivity index is 0.000000352. The van der Waals surface area contributed by atoms with Crippen molar-refractivity contribution < 1.29 is 4.79 Å². The summed E-state index contributed by atoms with van der Waals surface area (Å²) in [6.45, 7) is 19.8. The van der Waals surface area contributed by atoms with Crippen LogP contribution in [-0.2, 0) is 16.8 Å². The number of thiazole rings is 2. The first-order chi connectivity index (χ1) is 21.1. The summed E-state index contributed by atoms with van der Waals surface area (Å²) in [6, 6.07) is 20.3. The number of anilines is 2. The summed E-state index contributed by atoms with van der Waals surface area (Å²) in [5, 5.41) is 7.80. The molecule has 0 spiro atoms. The second-order valence-corrected chi connectivity index (χ2v) is 15.4. The quantitative estimate of drug-likeness (QED) is 0.142. The van der Waals surface area contributed by atoms with Crippen molar-refractivity contribution in [2.75, 3.05) is 10.6 Å². The first-order valence-electron chi connectivity index (χ1n) is 15.5. The molecule has 258 valence electrons. The minimum atomic E-state index is -0.455. The lowest BCUT2D eigenvalue weighted by atomic mass is 9.84. The number of nitrogens with two attached hydrogens (primary N) is 2. The van der Waals surface area contributed by atoms with Crippen LogP contribution in [0.3, 0.4) is 0 Å². The molecular weight excluding hydrogens is 621 g/mol. The minimum Gasteiger partial charge on any atom is -0.357 e. The summed E-state index contributed by atoms with van der Waals surface area (Å²) in [5.74, 6) is -0.160. The molecule has 0 saturated carbocycles. The predicted molar refractivity (Wildman–Crippen MR) is 210 cm³/mol. The summed E-state index contributed by atoms with van der Waals surface area (Å²) in [5.41, 5.74) is 18.8. The van der Waals surface area contributed by atoms with Gasteiger partial charge in [-0.25, -0.2) is 9.97 Å². The van der Waals surface area contributed by atoms with Gasteiger partial charge in [0.1, 0.15) is 0 Å². The molecule has 2 aromatic heterocycles. The van der Waals surface area contributed by atoms with Gasteiger partial charge in [-0.15, -0.1) is 0 Å². The maximum atomic E-state index is 11.8. The molecule has 0 aliphatic rings. The zero-order valence-corrected chi connectivity index (χ0v) is 29.9. The van der Waals surface area contributed by atoms with E-state index >= 15 is 0 Å². The Hall–Kier alpha value is -3.37. The van der Waals surface area contributed by atoms with Crippen LogP contribution in [-0.4, -0.2) is 27.5 Å². The Labute approximate surface area is 291 Å². The lowest BCUT2D eigenvalue weighted by Gasteiger charge is -2.22. The SMILES string of the molecule is C.C.CC(C)(C)c1ccccc1CN.CCCC(N)C(=O)Nc1nc2ccc(C)cc2s1.Cc1ccc2nc(NC(C)(C)C)sc2c1. The van der Waals surface area contributed by atoms with Crippen LogP contribution in [0.5, 0.6) is 0 Å². The third-order valence-corrected chi connectivity index (χ3v) is 8.65. The van der Waals surface area contributed by atoms with E-state index in [2.05, 4.69) is 112 Å². The fourth-order valence-electron chi connectivity index (χ4n) is 4.56. The topological polar surface area (TPSA) is 119 Å². The van der Waals surface area contributed by atoms with Gasteiger partial charge in [0.2, 0.25) is 5.91 Å². The van der Waals surface area contributed by atoms with Gasteiger partial charge in [0.05, 0.1) is 26.5 Å². The standard InChI is InChI=1S/C13H17N3OS.C12H16N2S.C11H17N.2CH4/c1-3-4-9(14)12(17)16-13-15-10-6-5-8(2)7-11(10)18-13;1-8-5-6-9-10(7-8)15-11(13-9)14-12(2,3)4;1-11(2,3)10-7-5-4-6-9(10)8-12;;/h5-7,9H,3-4,14H2,1-2H3,(H,15,16,17);5-7H,1-4H3,(H,13,14);4-7H,8,12H2,1-3H3;2*1H4. The van der Waals surface area contributed by atoms with Crippen molar-refractivity contribution in [3.8, 4) is 0 Å². The Morgan fingerprint density at radius 1 is 0.830 bits per heavy atom. The Bertz CT molecular complexity index is 1690. The molecule has 0 fully saturated rings. The number of hydrogen-bond acceptors (Lipinski definition) is 8. The fourth-order valence-corrected chi connectivity index (χ4v) is 6.70. The van der Waals surface area contributed by atoms with E-state index in [1.54, 1.807) is 11.3 Å². The van der Waals surface area contributed by atoms with E-state index in [1.807, 2.05) is 32.0 Å². The zero-order valence-electron chi connectivity index (χ0n) is 28.2. The molecule has 1 atom stereocenters. The van der Waals surface area contributed by atoms with Gasteiger partial charge in [0.15, 0.2) is 10.3 Å². The first-order valence-corrected chi connectivity index (χ1v) is 17.1. The van der Waals surface area contributed by atoms with Crippen LogP contribution in [0.25, 0.3) is 20.4 Å². The van der Waals surface area contributed by atoms with Crippen LogP contribution >= 0.6 is 22.7 Å². The van der Waals surface area contributed by atoms with Gasteiger partial charge >= 0.3 is 0 Å². The molecule has 0 bridgehead atoms. The van der Waals surface area contributed by atoms with Gasteiger partial charge in [-0.2, -0.15) is 0 Å². The number of rotatable bonds is 6. The fraction of sp³-hybridized carbons (Fsp3) is 0.447. The number of carbonyl (C=O) groups excluding carboxylic acids is 1. The highest BCUT2D eigenvalue weighted by atomic mass is 32.1. The summed E-state index contributed by atoms with van der Waals surface area (Å²) in [7, 11) is 0. The van der Waals surface area contributed by atoms with Gasteiger partial charge in [-0.3, -0.25) is 4.79 Å². The van der Waals surface area contributed by atoms with Crippen molar-refractivity contribution in [2.45, 2.75) is 114 Å². The van der Waals surface area contributed by atoms with Crippen molar-refractivity contribution in [3.05, 3.63) is 82.9 Å². The molecule has 1 amide bonds. The molecule has 0 aliphatic carbocycles. The number of nitrogens with zero attached hydrogens (tertiary/aromatic N) is 2. The van der Waals surface area contributed by atoms with Crippen LogP contribution in [0, 0.1) is 13.8 Å². The zero-order chi connectivity index (χ0) is 33.4. The third kappa shape index (κ3) is 13.0. The van der Waals surface area contributed by atoms with E-state index in [4.69, 9.17) is 11.5 Å². The van der Waals surface area contributed by atoms with Gasteiger partial charge in [0.25, 0.3) is 0 Å². The predicted octanol–water partition coefficient (Wildman–Crippen LogP) is 10.2. The van der Waals surface area contributed by atoms with E-state index < -0.39 is 6.04 Å². The van der Waals surface area contributed by atoms with Crippen molar-refractivity contribution in [1.82, 2.24) is 9.97 Å². The number of aryl methyl sites for hydroxylation is 2. The van der Waals surface area contributed by atoms with Crippen LogP contribution < -0.4 is 22.1 Å². The highest BCUT2D eigenvalue weighted by molar-refractivity contribution is 7.22. The molecule has 0 radical (unpaired) electrons. The largest absolute Gasteiger partial charge is 0.357 e. The van der Waals surface area contributed by atoms with E-state index in [-0.39, 0.29) is 31.7 Å². The number of fused-ring (bicyclic) bond motifs is 2. The molecule has 6 N–H and O–H groups in total. The summed E-state index contributed by atoms with van der Waals surface area (Å²) >= 11 is 3.19. The van der Waals surface area contributed by atoms with Gasteiger partial charge in [0, 0.05) is 12.1 Å². The van der Waals surface area contributed by atoms with Crippen LogP contribution in [0.1, 0.15) is 98.4 Å². The van der Waals surface area contributed by atoms with Crippen LogP contribution in [0.4, 0.5) is 10.3 Å². The molecular formula is C38H58N6OS2. The molecule has 3 aromatic carbocycles. The number of benzene rings is 3. The highest BCUT2D eigenvalue weighted by Gasteiger charge is 2.16. The lowest BCUT2D eigenvalue weighted by molar-refractivity contribution is -0.117. The van der Waals surface area contributed by atoms with E-state index in [0.717, 1.165) is 27.3 Å². The summed E-state index contributed by atoms with van der Waals surface area (Å²) in [6.07, 6.45) is 1.59. The summed E-state index contributed by atoms with van der Waals surface area (Å²) in [4.78, 5) is 20.7. The van der Waals surface area contributed by atoms with E-state index in [0.29, 0.717) is 18.1 Å². The maximum Gasteiger partial charge on any atom is 0.243 e. The molecule has 1 unspecified atom stereocenters. The van der Waals surface area contributed by atoms with Crippen LogP contribution in [0.2, 0.25) is 0 Å². The normalized spacial score (nSPS) is 11.6. The third-order valence-electron chi connectivity index (χ3n) is 6.78. The van der Waals surface area contributed by atoms with E-state index in [9.17, 15) is 4.79 Å². The van der Waals surface area contributed by atoms with Crippen molar-refractivity contribution in [1.29, 1.82) is 0 Å².